The highest BCUT2D eigenvalue weighted by Crippen LogP contribution is 2.02. The molecule has 1 rings (SSSR count). The summed E-state index contributed by atoms with van der Waals surface area (Å²) in [5.74, 6) is 0.180. The molecule has 0 aliphatic heterocycles. The zero-order valence-corrected chi connectivity index (χ0v) is 9.10. The Morgan fingerprint density at radius 3 is 2.88 bits per heavy atom. The molecule has 6 nitrogen and oxygen atoms in total. The van der Waals surface area contributed by atoms with Crippen LogP contribution in [0, 0.1) is 0 Å². The van der Waals surface area contributed by atoms with Crippen molar-refractivity contribution in [1.29, 1.82) is 0 Å². The largest absolute Gasteiger partial charge is 0.330 e. The highest BCUT2D eigenvalue weighted by atomic mass is 16.2. The molecule has 0 saturated heterocycles. The van der Waals surface area contributed by atoms with E-state index in [0.29, 0.717) is 18.8 Å². The first kappa shape index (κ1) is 12.5. The maximum Gasteiger partial charge on any atom is 0.242 e. The highest BCUT2D eigenvalue weighted by Gasteiger charge is 2.13. The fourth-order valence-corrected chi connectivity index (χ4v) is 1.22. The van der Waals surface area contributed by atoms with E-state index in [2.05, 4.69) is 15.3 Å². The van der Waals surface area contributed by atoms with Crippen LogP contribution in [-0.4, -0.2) is 28.5 Å². The van der Waals surface area contributed by atoms with Gasteiger partial charge in [0, 0.05) is 12.4 Å². The van der Waals surface area contributed by atoms with Crippen molar-refractivity contribution in [2.75, 3.05) is 11.9 Å². The van der Waals surface area contributed by atoms with Gasteiger partial charge in [0.2, 0.25) is 5.91 Å². The quantitative estimate of drug-likeness (QED) is 0.582. The van der Waals surface area contributed by atoms with Crippen molar-refractivity contribution < 1.29 is 4.79 Å². The van der Waals surface area contributed by atoms with Gasteiger partial charge in [-0.1, -0.05) is 6.42 Å². The second-order valence-electron chi connectivity index (χ2n) is 3.47. The van der Waals surface area contributed by atoms with Crippen LogP contribution in [0.3, 0.4) is 0 Å². The minimum atomic E-state index is -0.520. The Morgan fingerprint density at radius 1 is 1.44 bits per heavy atom. The summed E-state index contributed by atoms with van der Waals surface area (Å²) in [6, 6.07) is -0.520. The Kier molecular flexibility index (Phi) is 5.38. The number of nitrogens with zero attached hydrogens (tertiary/aromatic N) is 2. The molecule has 0 unspecified atom stereocenters. The van der Waals surface area contributed by atoms with E-state index in [1.807, 2.05) is 0 Å². The van der Waals surface area contributed by atoms with E-state index < -0.39 is 6.04 Å². The number of amides is 1. The number of hydrogen-bond donors (Lipinski definition) is 3. The monoisotopic (exact) mass is 223 g/mol. The normalized spacial score (nSPS) is 12.1. The van der Waals surface area contributed by atoms with Crippen LogP contribution in [0.15, 0.2) is 18.6 Å². The van der Waals surface area contributed by atoms with Crippen LogP contribution in [-0.2, 0) is 4.79 Å². The van der Waals surface area contributed by atoms with Crippen molar-refractivity contribution in [3.05, 3.63) is 18.6 Å². The molecule has 6 heteroatoms. The molecule has 88 valence electrons. The van der Waals surface area contributed by atoms with Gasteiger partial charge in [0.05, 0.1) is 12.2 Å². The van der Waals surface area contributed by atoms with Crippen LogP contribution in [0.25, 0.3) is 0 Å². The third-order valence-electron chi connectivity index (χ3n) is 2.12. The molecular weight excluding hydrogens is 206 g/mol. The third-order valence-corrected chi connectivity index (χ3v) is 2.12. The molecule has 0 radical (unpaired) electrons. The predicted molar refractivity (Wildman–Crippen MR) is 61.5 cm³/mol. The van der Waals surface area contributed by atoms with E-state index in [9.17, 15) is 4.79 Å². The lowest BCUT2D eigenvalue weighted by Crippen LogP contribution is -2.35. The smallest absolute Gasteiger partial charge is 0.242 e. The van der Waals surface area contributed by atoms with Gasteiger partial charge in [0.1, 0.15) is 0 Å². The molecule has 0 fully saturated rings. The first-order chi connectivity index (χ1) is 7.74. The minimum Gasteiger partial charge on any atom is -0.330 e. The first-order valence-corrected chi connectivity index (χ1v) is 5.26. The number of anilines is 1. The molecule has 1 aromatic heterocycles. The molecule has 0 aliphatic carbocycles. The average molecular weight is 223 g/mol. The van der Waals surface area contributed by atoms with Crippen LogP contribution in [0.2, 0.25) is 0 Å². The zero-order valence-electron chi connectivity index (χ0n) is 9.10. The van der Waals surface area contributed by atoms with Gasteiger partial charge in [-0.15, -0.1) is 0 Å². The van der Waals surface area contributed by atoms with E-state index in [4.69, 9.17) is 11.5 Å². The first-order valence-electron chi connectivity index (χ1n) is 5.26. The third kappa shape index (κ3) is 4.33. The van der Waals surface area contributed by atoms with Gasteiger partial charge in [-0.3, -0.25) is 9.78 Å². The van der Waals surface area contributed by atoms with Gasteiger partial charge in [0.25, 0.3) is 0 Å². The lowest BCUT2D eigenvalue weighted by atomic mass is 10.1. The summed E-state index contributed by atoms with van der Waals surface area (Å²) in [5, 5.41) is 2.60. The lowest BCUT2D eigenvalue weighted by molar-refractivity contribution is -0.117. The fourth-order valence-electron chi connectivity index (χ4n) is 1.22. The van der Waals surface area contributed by atoms with E-state index in [1.54, 1.807) is 0 Å². The van der Waals surface area contributed by atoms with Crippen LogP contribution >= 0.6 is 0 Å². The van der Waals surface area contributed by atoms with Crippen LogP contribution in [0.1, 0.15) is 19.3 Å². The average Bonchev–Trinajstić information content (AvgIpc) is 2.30. The Morgan fingerprint density at radius 2 is 2.25 bits per heavy atom. The summed E-state index contributed by atoms with van der Waals surface area (Å²) in [7, 11) is 0. The highest BCUT2D eigenvalue weighted by molar-refractivity contribution is 5.93. The second-order valence-corrected chi connectivity index (χ2v) is 3.47. The predicted octanol–water partition coefficient (Wildman–Crippen LogP) is -0.129. The summed E-state index contributed by atoms with van der Waals surface area (Å²) in [5.41, 5.74) is 11.1. The summed E-state index contributed by atoms with van der Waals surface area (Å²) < 4.78 is 0. The van der Waals surface area contributed by atoms with Gasteiger partial charge in [-0.25, -0.2) is 4.98 Å². The molecule has 0 bridgehead atoms. The summed E-state index contributed by atoms with van der Waals surface area (Å²) in [6.45, 7) is 0.624. The number of carbonyl (C=O) groups is 1. The molecule has 0 aromatic carbocycles. The molecule has 0 saturated carbocycles. The van der Waals surface area contributed by atoms with Crippen LogP contribution < -0.4 is 16.8 Å². The Labute approximate surface area is 94.5 Å². The standard InChI is InChI=1S/C10H17N5O/c11-4-2-1-3-8(12)10(16)15-9-7-13-5-6-14-9/h5-8H,1-4,11-12H2,(H,14,15,16)/t8-/m0/s1. The summed E-state index contributed by atoms with van der Waals surface area (Å²) in [6.07, 6.45) is 6.89. The van der Waals surface area contributed by atoms with Crippen molar-refractivity contribution in [1.82, 2.24) is 9.97 Å². The summed E-state index contributed by atoms with van der Waals surface area (Å²) in [4.78, 5) is 19.3. The van der Waals surface area contributed by atoms with Crippen molar-refractivity contribution in [3.8, 4) is 0 Å². The van der Waals surface area contributed by atoms with Crippen molar-refractivity contribution >= 4 is 11.7 Å². The number of unbranched alkanes of at least 4 members (excludes halogenated alkanes) is 1. The van der Waals surface area contributed by atoms with E-state index in [0.717, 1.165) is 12.8 Å². The number of carbonyl (C=O) groups excluding carboxylic acids is 1. The fraction of sp³-hybridized carbons (Fsp3) is 0.500. The Bertz CT molecular complexity index is 316. The zero-order chi connectivity index (χ0) is 11.8. The van der Waals surface area contributed by atoms with E-state index >= 15 is 0 Å². The van der Waals surface area contributed by atoms with Crippen molar-refractivity contribution in [2.24, 2.45) is 11.5 Å². The topological polar surface area (TPSA) is 107 Å². The van der Waals surface area contributed by atoms with Crippen LogP contribution in [0.5, 0.6) is 0 Å². The molecule has 1 amide bonds. The molecular formula is C10H17N5O. The molecule has 0 spiro atoms. The molecule has 0 aliphatic rings. The van der Waals surface area contributed by atoms with E-state index in [-0.39, 0.29) is 5.91 Å². The van der Waals surface area contributed by atoms with Gasteiger partial charge < -0.3 is 16.8 Å². The number of nitrogens with two attached hydrogens (primary N) is 2. The number of rotatable bonds is 6. The van der Waals surface area contributed by atoms with Gasteiger partial charge in [-0.2, -0.15) is 0 Å². The van der Waals surface area contributed by atoms with E-state index in [1.165, 1.54) is 18.6 Å². The van der Waals surface area contributed by atoms with Crippen LogP contribution in [0.4, 0.5) is 5.82 Å². The molecule has 1 atom stereocenters. The van der Waals surface area contributed by atoms with Gasteiger partial charge in [0.15, 0.2) is 5.82 Å². The maximum absolute atomic E-state index is 11.6. The number of hydrogen-bond acceptors (Lipinski definition) is 5. The van der Waals surface area contributed by atoms with Gasteiger partial charge in [-0.05, 0) is 19.4 Å². The molecule has 16 heavy (non-hydrogen) atoms. The molecule has 1 aromatic rings. The Hall–Kier alpha value is -1.53. The molecule has 5 N–H and O–H groups in total. The Balaban J connectivity index is 2.34. The summed E-state index contributed by atoms with van der Waals surface area (Å²) >= 11 is 0. The SMILES string of the molecule is NCCCC[C@H](N)C(=O)Nc1cnccn1. The number of aromatic nitrogens is 2. The van der Waals surface area contributed by atoms with Crippen molar-refractivity contribution in [3.63, 3.8) is 0 Å². The number of nitrogens with one attached hydrogen (secondary N) is 1. The lowest BCUT2D eigenvalue weighted by Gasteiger charge is -2.10. The minimum absolute atomic E-state index is 0.238. The molecule has 1 heterocycles. The van der Waals surface area contributed by atoms with Crippen molar-refractivity contribution in [2.45, 2.75) is 25.3 Å². The maximum atomic E-state index is 11.6. The van der Waals surface area contributed by atoms with Gasteiger partial charge >= 0.3 is 0 Å². The second kappa shape index (κ2) is 6.86.